The second-order valence-electron chi connectivity index (χ2n) is 10.7. The smallest absolute Gasteiger partial charge is 0.386 e. The van der Waals surface area contributed by atoms with Gasteiger partial charge < -0.3 is 15.7 Å². The monoisotopic (exact) mass is 700 g/mol. The minimum Gasteiger partial charge on any atom is -0.446 e. The standard InChI is InChI=1S/C25H16ClN3O3.C13H8ClN3O/c1-15-11-22(27-25(32)16-7-3-2-4-8-16)20(26)13-21(15)28-29-23-19-10-6-5-9-17(19)12-18(14-30)24(23)31;14-11-8-10(17-15)6-7-12(11)16-13(18)9-4-2-1-3-5-9/h2-13H,1H3,(H-,27,28,29,30,31,32);1-8H/p+2. The maximum absolute atomic E-state index is 12.4. The summed E-state index contributed by atoms with van der Waals surface area (Å²) >= 11 is 12.3. The molecule has 12 heteroatoms. The van der Waals surface area contributed by atoms with E-state index >= 15 is 0 Å². The van der Waals surface area contributed by atoms with Crippen LogP contribution in [-0.4, -0.2) is 23.2 Å². The molecule has 0 atom stereocenters. The van der Waals surface area contributed by atoms with Crippen molar-refractivity contribution in [2.45, 2.75) is 6.92 Å². The van der Waals surface area contributed by atoms with Gasteiger partial charge in [0.1, 0.15) is 0 Å². The molecule has 244 valence electrons. The van der Waals surface area contributed by atoms with Crippen LogP contribution in [-0.2, 0) is 4.79 Å². The highest BCUT2D eigenvalue weighted by atomic mass is 35.5. The van der Waals surface area contributed by atoms with Crippen molar-refractivity contribution in [3.63, 3.8) is 0 Å². The van der Waals surface area contributed by atoms with E-state index in [0.29, 0.717) is 49.8 Å². The molecular formula is C38H26Cl2N6O4+2. The third kappa shape index (κ3) is 8.31. The molecule has 0 spiro atoms. The number of amides is 2. The third-order valence-electron chi connectivity index (χ3n) is 7.28. The lowest BCUT2D eigenvalue weighted by atomic mass is 10.0. The number of rotatable bonds is 7. The maximum Gasteiger partial charge on any atom is 0.386 e. The van der Waals surface area contributed by atoms with Crippen molar-refractivity contribution in [1.29, 1.82) is 5.39 Å². The van der Waals surface area contributed by atoms with E-state index in [4.69, 9.17) is 28.6 Å². The van der Waals surface area contributed by atoms with Crippen LogP contribution in [0, 0.1) is 12.3 Å². The quantitative estimate of drug-likeness (QED) is 0.0860. The number of carbonyl (C=O) groups excluding carboxylic acids is 3. The van der Waals surface area contributed by atoms with E-state index < -0.39 is 0 Å². The summed E-state index contributed by atoms with van der Waals surface area (Å²) in [4.78, 5) is 38.5. The zero-order chi connectivity index (χ0) is 35.6. The molecule has 0 saturated carbocycles. The second-order valence-corrected chi connectivity index (χ2v) is 11.5. The molecule has 0 aliphatic rings. The Labute approximate surface area is 296 Å². The maximum atomic E-state index is 12.4. The summed E-state index contributed by atoms with van der Waals surface area (Å²) < 4.78 is 0. The molecule has 3 N–H and O–H groups in total. The summed E-state index contributed by atoms with van der Waals surface area (Å²) in [5.74, 6) is -0.816. The first-order chi connectivity index (χ1) is 24.2. The number of carbonyl (C=O) groups is 2. The SMILES string of the molecule is Cc1cc(NC(=O)c2ccccc2)c(Cl)cc1N=Nc1c(O)c([C+]=O)cc2ccccc12.N#[N+]c1ccc(NC(=O)c2ccccc2)c(Cl)c1. The Hall–Kier alpha value is -6.50. The minimum absolute atomic E-state index is 0.00590. The number of anilines is 2. The van der Waals surface area contributed by atoms with E-state index in [0.717, 1.165) is 5.39 Å². The van der Waals surface area contributed by atoms with Crippen molar-refractivity contribution in [2.75, 3.05) is 10.6 Å². The average molecular weight is 702 g/mol. The average Bonchev–Trinajstić information content (AvgIpc) is 3.14. The Bertz CT molecular complexity index is 2290. The molecule has 0 radical (unpaired) electrons. The van der Waals surface area contributed by atoms with Crippen LogP contribution < -0.4 is 10.6 Å². The van der Waals surface area contributed by atoms with Gasteiger partial charge in [0.25, 0.3) is 23.1 Å². The van der Waals surface area contributed by atoms with Crippen LogP contribution >= 0.6 is 23.2 Å². The van der Waals surface area contributed by atoms with Crippen molar-refractivity contribution in [3.05, 3.63) is 159 Å². The molecule has 0 aromatic heterocycles. The molecule has 10 nitrogen and oxygen atoms in total. The van der Waals surface area contributed by atoms with Gasteiger partial charge in [-0.2, -0.15) is 0 Å². The van der Waals surface area contributed by atoms with Gasteiger partial charge in [-0.3, -0.25) is 9.59 Å². The molecule has 0 fully saturated rings. The number of phenols is 1. The number of phenolic OH excluding ortho intramolecular Hbond substituents is 1. The fourth-order valence-electron chi connectivity index (χ4n) is 4.71. The normalized spacial score (nSPS) is 10.4. The first-order valence-corrected chi connectivity index (χ1v) is 15.7. The molecule has 0 bridgehead atoms. The van der Waals surface area contributed by atoms with Gasteiger partial charge in [0, 0.05) is 28.0 Å². The van der Waals surface area contributed by atoms with Crippen LogP contribution in [0.5, 0.6) is 5.75 Å². The van der Waals surface area contributed by atoms with E-state index in [1.807, 2.05) is 18.2 Å². The van der Waals surface area contributed by atoms with E-state index in [2.05, 4.69) is 25.8 Å². The van der Waals surface area contributed by atoms with Crippen LogP contribution in [0.25, 0.3) is 15.7 Å². The van der Waals surface area contributed by atoms with Gasteiger partial charge in [0.15, 0.2) is 10.7 Å². The zero-order valence-corrected chi connectivity index (χ0v) is 27.8. The Morgan fingerprint density at radius 3 is 1.92 bits per heavy atom. The predicted octanol–water partition coefficient (Wildman–Crippen LogP) is 10.7. The molecule has 2 amide bonds. The van der Waals surface area contributed by atoms with Gasteiger partial charge in [0.05, 0.1) is 39.2 Å². The molecule has 6 rings (SSSR count). The van der Waals surface area contributed by atoms with E-state index in [-0.39, 0.29) is 33.8 Å². The Balaban J connectivity index is 0.000000228. The van der Waals surface area contributed by atoms with E-state index in [1.165, 1.54) is 6.07 Å². The largest absolute Gasteiger partial charge is 0.446 e. The van der Waals surface area contributed by atoms with Gasteiger partial charge >= 0.3 is 12.0 Å². The first kappa shape index (κ1) is 34.8. The van der Waals surface area contributed by atoms with Gasteiger partial charge in [-0.15, -0.1) is 15.0 Å². The highest BCUT2D eigenvalue weighted by Crippen LogP contribution is 2.39. The van der Waals surface area contributed by atoms with Crippen LogP contribution in [0.15, 0.2) is 132 Å². The summed E-state index contributed by atoms with van der Waals surface area (Å²) in [5.41, 5.74) is 3.65. The molecule has 0 aliphatic carbocycles. The highest BCUT2D eigenvalue weighted by Gasteiger charge is 2.22. The lowest BCUT2D eigenvalue weighted by molar-refractivity contribution is 0.101. The number of benzene rings is 6. The summed E-state index contributed by atoms with van der Waals surface area (Å²) in [6.07, 6.45) is 1.72. The second kappa shape index (κ2) is 16.1. The van der Waals surface area contributed by atoms with Crippen LogP contribution in [0.4, 0.5) is 28.4 Å². The van der Waals surface area contributed by atoms with Crippen molar-refractivity contribution < 1.29 is 19.5 Å². The zero-order valence-electron chi connectivity index (χ0n) is 26.3. The topological polar surface area (TPSA) is 148 Å². The number of aromatic hydroxyl groups is 1. The third-order valence-corrected chi connectivity index (χ3v) is 7.91. The number of hydrogen-bond acceptors (Lipinski definition) is 7. The Kier molecular flexibility index (Phi) is 11.2. The van der Waals surface area contributed by atoms with Crippen molar-refractivity contribution >= 4 is 80.5 Å². The van der Waals surface area contributed by atoms with Crippen LogP contribution in [0.2, 0.25) is 10.0 Å². The van der Waals surface area contributed by atoms with Crippen LogP contribution in [0.1, 0.15) is 31.8 Å². The lowest BCUT2D eigenvalue weighted by Gasteiger charge is -2.10. The Morgan fingerprint density at radius 2 is 1.32 bits per heavy atom. The first-order valence-electron chi connectivity index (χ1n) is 14.9. The fraction of sp³-hybridized carbons (Fsp3) is 0.0263. The number of fused-ring (bicyclic) bond motifs is 1. The number of nitrogens with zero attached hydrogens (tertiary/aromatic N) is 4. The molecule has 0 saturated heterocycles. The van der Waals surface area contributed by atoms with Gasteiger partial charge in [0.2, 0.25) is 5.39 Å². The highest BCUT2D eigenvalue weighted by molar-refractivity contribution is 6.34. The molecule has 6 aromatic carbocycles. The lowest BCUT2D eigenvalue weighted by Crippen LogP contribution is -2.12. The number of hydrogen-bond donors (Lipinski definition) is 3. The molecular weight excluding hydrogens is 675 g/mol. The molecule has 50 heavy (non-hydrogen) atoms. The molecule has 0 unspecified atom stereocenters. The molecule has 0 aliphatic heterocycles. The summed E-state index contributed by atoms with van der Waals surface area (Å²) in [5, 5.41) is 34.9. The summed E-state index contributed by atoms with van der Waals surface area (Å²) in [6, 6.07) is 34.2. The van der Waals surface area contributed by atoms with E-state index in [9.17, 15) is 19.5 Å². The van der Waals surface area contributed by atoms with Crippen molar-refractivity contribution in [2.24, 2.45) is 10.2 Å². The summed E-state index contributed by atoms with van der Waals surface area (Å²) in [7, 11) is 0. The van der Waals surface area contributed by atoms with Crippen LogP contribution in [0.3, 0.4) is 0 Å². The number of aryl methyl sites for hydroxylation is 1. The number of diazo groups is 1. The number of nitrogens with one attached hydrogen (secondary N) is 2. The number of halogens is 2. The summed E-state index contributed by atoms with van der Waals surface area (Å²) in [6.45, 7) is 1.80. The van der Waals surface area contributed by atoms with Gasteiger partial charge in [-0.25, -0.2) is 0 Å². The number of azo groups is 1. The minimum atomic E-state index is -0.294. The van der Waals surface area contributed by atoms with Crippen molar-refractivity contribution in [3.8, 4) is 5.75 Å². The molecule has 0 heterocycles. The fourth-order valence-corrected chi connectivity index (χ4v) is 5.14. The molecule has 6 aromatic rings. The van der Waals surface area contributed by atoms with Crippen molar-refractivity contribution in [1.82, 2.24) is 0 Å². The van der Waals surface area contributed by atoms with Gasteiger partial charge in [-0.1, -0.05) is 71.7 Å². The van der Waals surface area contributed by atoms with E-state index in [1.54, 1.807) is 110 Å². The van der Waals surface area contributed by atoms with Gasteiger partial charge in [-0.05, 0) is 67.1 Å². The Morgan fingerprint density at radius 1 is 0.740 bits per heavy atom. The predicted molar refractivity (Wildman–Crippen MR) is 196 cm³/mol.